The highest BCUT2D eigenvalue weighted by atomic mass is 32.2. The van der Waals surface area contributed by atoms with Crippen LogP contribution in [-0.2, 0) is 10.2 Å². The van der Waals surface area contributed by atoms with Crippen LogP contribution in [0.4, 0.5) is 22.4 Å². The summed E-state index contributed by atoms with van der Waals surface area (Å²) in [5.74, 6) is -1.29. The summed E-state index contributed by atoms with van der Waals surface area (Å²) in [4.78, 5) is 19.0. The molecule has 13 heteroatoms. The number of rotatable bonds is 14. The molecule has 2 aliphatic heterocycles. The van der Waals surface area contributed by atoms with E-state index >= 15 is 0 Å². The highest BCUT2D eigenvalue weighted by Crippen LogP contribution is 2.31. The van der Waals surface area contributed by atoms with E-state index in [4.69, 9.17) is 0 Å². The van der Waals surface area contributed by atoms with Crippen molar-refractivity contribution >= 4 is 16.2 Å². The average Bonchev–Trinajstić information content (AvgIpc) is 3.17. The second-order valence-electron chi connectivity index (χ2n) is 14.1. The van der Waals surface area contributed by atoms with E-state index in [9.17, 15) is 30.8 Å². The van der Waals surface area contributed by atoms with Crippen molar-refractivity contribution in [2.75, 3.05) is 65.4 Å². The SMILES string of the molecule is O=C(NS(=O)(=O)N1CCN(CCCC(c2ccc(F)cc2)c2ccc(F)cc2)CC1)N1CCN(CCCC(c2ccc(F)cc2)c2ccc(F)cc2)CC1. The highest BCUT2D eigenvalue weighted by Gasteiger charge is 2.31. The van der Waals surface area contributed by atoms with Crippen molar-refractivity contribution in [3.63, 3.8) is 0 Å². The molecule has 2 aliphatic rings. The van der Waals surface area contributed by atoms with E-state index in [1.54, 1.807) is 48.5 Å². The smallest absolute Gasteiger partial charge is 0.321 e. The number of piperazine rings is 2. The fraction of sp³-hybridized carbons (Fsp3) is 0.390. The van der Waals surface area contributed by atoms with E-state index in [1.807, 2.05) is 0 Å². The monoisotopic (exact) mass is 765 g/mol. The molecule has 0 bridgehead atoms. The quantitative estimate of drug-likeness (QED) is 0.141. The van der Waals surface area contributed by atoms with Crippen molar-refractivity contribution in [2.24, 2.45) is 0 Å². The van der Waals surface area contributed by atoms with E-state index in [2.05, 4.69) is 14.5 Å². The third kappa shape index (κ3) is 10.7. The van der Waals surface area contributed by atoms with Crippen LogP contribution in [0.2, 0.25) is 0 Å². The molecule has 4 aromatic rings. The van der Waals surface area contributed by atoms with Gasteiger partial charge in [0.05, 0.1) is 0 Å². The van der Waals surface area contributed by atoms with Crippen LogP contribution in [0.1, 0.15) is 59.8 Å². The molecular formula is C41H47F4N5O3S. The van der Waals surface area contributed by atoms with Crippen LogP contribution < -0.4 is 4.72 Å². The third-order valence-corrected chi connectivity index (χ3v) is 12.0. The molecule has 0 saturated carbocycles. The van der Waals surface area contributed by atoms with Crippen LogP contribution in [-0.4, -0.2) is 98.9 Å². The van der Waals surface area contributed by atoms with Gasteiger partial charge in [0.2, 0.25) is 0 Å². The number of nitrogens with zero attached hydrogens (tertiary/aromatic N) is 4. The Bertz CT molecular complexity index is 1810. The van der Waals surface area contributed by atoms with Crippen LogP contribution in [0.5, 0.6) is 0 Å². The predicted octanol–water partition coefficient (Wildman–Crippen LogP) is 6.96. The zero-order valence-corrected chi connectivity index (χ0v) is 31.0. The van der Waals surface area contributed by atoms with E-state index in [-0.39, 0.29) is 48.2 Å². The fourth-order valence-electron chi connectivity index (χ4n) is 7.48. The molecule has 4 aromatic carbocycles. The Hall–Kier alpha value is -4.30. The first-order valence-corrected chi connectivity index (χ1v) is 20.0. The molecule has 1 N–H and O–H groups in total. The standard InChI is InChI=1S/C41H47F4N5O3S/c42-35-13-5-31(6-14-35)39(32-7-15-36(43)16-8-32)3-1-21-47-23-27-49(28-24-47)41(51)46-54(52,53)50-29-25-48(26-30-50)22-2-4-40(33-9-17-37(44)18-10-33)34-11-19-38(45)20-12-34/h5-20,39-40H,1-4,21-30H2,(H,46,51). The molecule has 288 valence electrons. The number of halogens is 4. The molecule has 2 fully saturated rings. The Kier molecular flexibility index (Phi) is 13.4. The van der Waals surface area contributed by atoms with Crippen molar-refractivity contribution < 1.29 is 30.8 Å². The van der Waals surface area contributed by atoms with Gasteiger partial charge in [0, 0.05) is 64.2 Å². The Morgan fingerprint density at radius 1 is 0.519 bits per heavy atom. The molecule has 0 unspecified atom stereocenters. The molecule has 2 heterocycles. The molecule has 6 rings (SSSR count). The van der Waals surface area contributed by atoms with Crippen molar-refractivity contribution in [1.29, 1.82) is 0 Å². The van der Waals surface area contributed by atoms with Gasteiger partial charge >= 0.3 is 16.2 Å². The van der Waals surface area contributed by atoms with Gasteiger partial charge < -0.3 is 9.80 Å². The first kappa shape index (κ1) is 39.4. The van der Waals surface area contributed by atoms with Crippen molar-refractivity contribution in [2.45, 2.75) is 37.5 Å². The van der Waals surface area contributed by atoms with Crippen molar-refractivity contribution in [3.8, 4) is 0 Å². The maximum Gasteiger partial charge on any atom is 0.332 e. The summed E-state index contributed by atoms with van der Waals surface area (Å²) in [5.41, 5.74) is 3.82. The third-order valence-electron chi connectivity index (χ3n) is 10.6. The van der Waals surface area contributed by atoms with Gasteiger partial charge in [-0.15, -0.1) is 0 Å². The van der Waals surface area contributed by atoms with Gasteiger partial charge in [-0.05, 0) is 110 Å². The lowest BCUT2D eigenvalue weighted by atomic mass is 9.87. The summed E-state index contributed by atoms with van der Waals surface area (Å²) in [6.07, 6.45) is 3.16. The largest absolute Gasteiger partial charge is 0.332 e. The normalized spacial score (nSPS) is 16.3. The first-order chi connectivity index (χ1) is 26.0. The summed E-state index contributed by atoms with van der Waals surface area (Å²) in [6.45, 7) is 5.07. The van der Waals surface area contributed by atoms with Crippen LogP contribution in [0.3, 0.4) is 0 Å². The summed E-state index contributed by atoms with van der Waals surface area (Å²) in [5, 5.41) is 0. The number of urea groups is 1. The zero-order chi connectivity index (χ0) is 38.1. The lowest BCUT2D eigenvalue weighted by Gasteiger charge is -2.36. The second-order valence-corrected chi connectivity index (χ2v) is 15.7. The molecular weight excluding hydrogens is 719 g/mol. The van der Waals surface area contributed by atoms with E-state index in [0.29, 0.717) is 39.3 Å². The zero-order valence-electron chi connectivity index (χ0n) is 30.2. The topological polar surface area (TPSA) is 76.2 Å². The number of amides is 2. The number of benzene rings is 4. The number of nitrogens with one attached hydrogen (secondary N) is 1. The Morgan fingerprint density at radius 3 is 1.17 bits per heavy atom. The average molecular weight is 766 g/mol. The number of hydrogen-bond donors (Lipinski definition) is 1. The molecule has 0 atom stereocenters. The molecule has 0 radical (unpaired) electrons. The molecule has 0 spiro atoms. The van der Waals surface area contributed by atoms with Crippen LogP contribution in [0, 0.1) is 23.3 Å². The number of carbonyl (C=O) groups is 1. The van der Waals surface area contributed by atoms with Crippen molar-refractivity contribution in [3.05, 3.63) is 143 Å². The number of hydrogen-bond acceptors (Lipinski definition) is 5. The fourth-order valence-corrected chi connectivity index (χ4v) is 8.60. The van der Waals surface area contributed by atoms with Gasteiger partial charge in [-0.3, -0.25) is 4.90 Å². The van der Waals surface area contributed by atoms with Gasteiger partial charge in [0.25, 0.3) is 0 Å². The van der Waals surface area contributed by atoms with Crippen molar-refractivity contribution in [1.82, 2.24) is 23.7 Å². The Morgan fingerprint density at radius 2 is 0.833 bits per heavy atom. The Labute approximate surface area is 315 Å². The van der Waals surface area contributed by atoms with Gasteiger partial charge in [-0.1, -0.05) is 48.5 Å². The summed E-state index contributed by atoms with van der Waals surface area (Å²) in [6, 6.07) is 24.9. The Balaban J connectivity index is 0.920. The minimum absolute atomic E-state index is 0.0154. The second kappa shape index (κ2) is 18.4. The summed E-state index contributed by atoms with van der Waals surface area (Å²) >= 11 is 0. The number of carbonyl (C=O) groups excluding carboxylic acids is 1. The first-order valence-electron chi connectivity index (χ1n) is 18.6. The maximum atomic E-state index is 13.6. The molecule has 0 aromatic heterocycles. The molecule has 8 nitrogen and oxygen atoms in total. The van der Waals surface area contributed by atoms with E-state index in [0.717, 1.165) is 61.0 Å². The summed E-state index contributed by atoms with van der Waals surface area (Å²) in [7, 11) is -4.02. The highest BCUT2D eigenvalue weighted by molar-refractivity contribution is 7.87. The van der Waals surface area contributed by atoms with Crippen LogP contribution >= 0.6 is 0 Å². The lowest BCUT2D eigenvalue weighted by molar-refractivity contribution is 0.140. The van der Waals surface area contributed by atoms with E-state index in [1.165, 1.54) is 57.7 Å². The van der Waals surface area contributed by atoms with Crippen LogP contribution in [0.25, 0.3) is 0 Å². The molecule has 2 amide bonds. The maximum absolute atomic E-state index is 13.6. The molecule has 2 saturated heterocycles. The van der Waals surface area contributed by atoms with E-state index < -0.39 is 16.2 Å². The minimum Gasteiger partial charge on any atom is -0.321 e. The van der Waals surface area contributed by atoms with Crippen LogP contribution in [0.15, 0.2) is 97.1 Å². The molecule has 0 aliphatic carbocycles. The predicted molar refractivity (Wildman–Crippen MR) is 201 cm³/mol. The van der Waals surface area contributed by atoms with Gasteiger partial charge in [-0.25, -0.2) is 27.1 Å². The molecule has 54 heavy (non-hydrogen) atoms. The van der Waals surface area contributed by atoms with Gasteiger partial charge in [0.1, 0.15) is 23.3 Å². The minimum atomic E-state index is -4.02. The summed E-state index contributed by atoms with van der Waals surface area (Å²) < 4.78 is 84.4. The van der Waals surface area contributed by atoms with Gasteiger partial charge in [-0.2, -0.15) is 12.7 Å². The van der Waals surface area contributed by atoms with Gasteiger partial charge in [0.15, 0.2) is 0 Å². The lowest BCUT2D eigenvalue weighted by Crippen LogP contribution is -2.57.